The number of aryl methyl sites for hydroxylation is 1. The number of nitrogens with zero attached hydrogens (tertiary/aromatic N) is 3. The highest BCUT2D eigenvalue weighted by molar-refractivity contribution is 5.96. The van der Waals surface area contributed by atoms with Crippen molar-refractivity contribution in [2.75, 3.05) is 38.2 Å². The number of nitriles is 1. The standard InChI is InChI=1S/C26H33F3N6O4/c1-16-13-17(3-4-18(16)23(37)34-11-8-25(38,14-34)26(27,28)29)32-21-20-19(5-10-31-22(20)36)35(33-21)24(7-9-30)6-2-12-39-15-24/h3-4,13,19-21,32-33,38H,2,5-8,10-12,14-15H2,1H3,(H,31,36)/t19?,20?,21?,24-,25?/m0/s1. The highest BCUT2D eigenvalue weighted by Crippen LogP contribution is 2.40. The van der Waals surface area contributed by atoms with E-state index in [1.807, 2.05) is 0 Å². The summed E-state index contributed by atoms with van der Waals surface area (Å²) in [5.41, 5.74) is 1.42. The fourth-order valence-electron chi connectivity index (χ4n) is 6.36. The maximum absolute atomic E-state index is 13.2. The van der Waals surface area contributed by atoms with E-state index < -0.39 is 48.3 Å². The van der Waals surface area contributed by atoms with Crippen LogP contribution in [-0.2, 0) is 9.53 Å². The second-order valence-electron chi connectivity index (χ2n) is 11.0. The minimum atomic E-state index is -4.81. The van der Waals surface area contributed by atoms with Crippen molar-refractivity contribution in [3.63, 3.8) is 0 Å². The molecule has 1 aromatic rings. The number of hydrogen-bond donors (Lipinski definition) is 4. The normalized spacial score (nSPS) is 33.4. The molecule has 10 nitrogen and oxygen atoms in total. The molecule has 212 valence electrons. The summed E-state index contributed by atoms with van der Waals surface area (Å²) in [6, 6.07) is 7.06. The number of halogens is 3. The van der Waals surface area contributed by atoms with Crippen molar-refractivity contribution in [2.45, 2.75) is 68.6 Å². The van der Waals surface area contributed by atoms with Crippen LogP contribution in [0, 0.1) is 24.2 Å². The number of piperidine rings is 1. The first-order chi connectivity index (χ1) is 18.5. The van der Waals surface area contributed by atoms with Gasteiger partial charge in [-0.1, -0.05) is 0 Å². The van der Waals surface area contributed by atoms with E-state index >= 15 is 0 Å². The number of carbonyl (C=O) groups excluding carboxylic acids is 2. The third-order valence-corrected chi connectivity index (χ3v) is 8.49. The molecule has 0 aliphatic carbocycles. The van der Waals surface area contributed by atoms with Crippen LogP contribution >= 0.6 is 0 Å². The highest BCUT2D eigenvalue weighted by atomic mass is 19.4. The van der Waals surface area contributed by atoms with Crippen LogP contribution in [0.1, 0.15) is 48.0 Å². The average Bonchev–Trinajstić information content (AvgIpc) is 3.47. The summed E-state index contributed by atoms with van der Waals surface area (Å²) < 4.78 is 45.4. The molecule has 0 aromatic heterocycles. The minimum Gasteiger partial charge on any atom is -0.379 e. The molecule has 4 fully saturated rings. The Labute approximate surface area is 224 Å². The lowest BCUT2D eigenvalue weighted by molar-refractivity contribution is -0.253. The number of anilines is 1. The van der Waals surface area contributed by atoms with Crippen molar-refractivity contribution in [1.82, 2.24) is 20.7 Å². The fraction of sp³-hybridized carbons (Fsp3) is 0.654. The molecule has 0 radical (unpaired) electrons. The molecule has 4 N–H and O–H groups in total. The maximum atomic E-state index is 13.2. The van der Waals surface area contributed by atoms with E-state index in [1.165, 1.54) is 0 Å². The number of hydrazine groups is 1. The van der Waals surface area contributed by atoms with Crippen LogP contribution in [0.25, 0.3) is 0 Å². The summed E-state index contributed by atoms with van der Waals surface area (Å²) in [5, 5.41) is 27.9. The van der Waals surface area contributed by atoms with E-state index in [9.17, 15) is 33.1 Å². The summed E-state index contributed by atoms with van der Waals surface area (Å²) in [5.74, 6) is -1.12. The van der Waals surface area contributed by atoms with E-state index in [0.717, 1.165) is 17.7 Å². The zero-order valence-electron chi connectivity index (χ0n) is 21.7. The zero-order valence-corrected chi connectivity index (χ0v) is 21.7. The quantitative estimate of drug-likeness (QED) is 0.436. The van der Waals surface area contributed by atoms with Crippen LogP contribution in [0.15, 0.2) is 18.2 Å². The number of aliphatic hydroxyl groups is 1. The molecule has 4 unspecified atom stereocenters. The van der Waals surface area contributed by atoms with Gasteiger partial charge >= 0.3 is 6.18 Å². The Morgan fingerprint density at radius 3 is 2.79 bits per heavy atom. The lowest BCUT2D eigenvalue weighted by Crippen LogP contribution is -2.61. The van der Waals surface area contributed by atoms with E-state index in [0.29, 0.717) is 37.4 Å². The van der Waals surface area contributed by atoms with Crippen molar-refractivity contribution in [3.8, 4) is 6.07 Å². The van der Waals surface area contributed by atoms with Crippen LogP contribution in [0.4, 0.5) is 18.9 Å². The van der Waals surface area contributed by atoms with Gasteiger partial charge in [-0.05, 0) is 49.9 Å². The SMILES string of the molecule is Cc1cc(NC2NN([C@]3(CC#N)CCCOC3)C3CCNC(=O)C23)ccc1C(=O)N1CCC(O)(C(F)(F)F)C1. The molecular weight excluding hydrogens is 517 g/mol. The molecule has 0 bridgehead atoms. The van der Waals surface area contributed by atoms with Crippen molar-refractivity contribution >= 4 is 17.5 Å². The number of nitrogens with one attached hydrogen (secondary N) is 3. The molecule has 5 rings (SSSR count). The zero-order chi connectivity index (χ0) is 28.0. The third-order valence-electron chi connectivity index (χ3n) is 8.49. The van der Waals surface area contributed by atoms with E-state index in [4.69, 9.17) is 4.74 Å². The Morgan fingerprint density at radius 1 is 1.36 bits per heavy atom. The lowest BCUT2D eigenvalue weighted by Gasteiger charge is -2.46. The number of alkyl halides is 3. The van der Waals surface area contributed by atoms with Gasteiger partial charge in [-0.25, -0.2) is 10.4 Å². The number of benzene rings is 1. The molecule has 1 aromatic carbocycles. The van der Waals surface area contributed by atoms with Crippen LogP contribution in [0.3, 0.4) is 0 Å². The Balaban J connectivity index is 1.34. The third kappa shape index (κ3) is 4.95. The van der Waals surface area contributed by atoms with Crippen LogP contribution in [0.5, 0.6) is 0 Å². The molecule has 0 saturated carbocycles. The number of rotatable bonds is 5. The van der Waals surface area contributed by atoms with Gasteiger partial charge in [0.1, 0.15) is 6.17 Å². The first kappa shape index (κ1) is 27.6. The van der Waals surface area contributed by atoms with Gasteiger partial charge in [0.05, 0.1) is 37.1 Å². The number of carbonyl (C=O) groups is 2. The number of ether oxygens (including phenoxy) is 1. The van der Waals surface area contributed by atoms with Gasteiger partial charge in [0.15, 0.2) is 5.60 Å². The Morgan fingerprint density at radius 2 is 2.15 bits per heavy atom. The van der Waals surface area contributed by atoms with Crippen molar-refractivity contribution in [3.05, 3.63) is 29.3 Å². The molecule has 0 spiro atoms. The fourth-order valence-corrected chi connectivity index (χ4v) is 6.36. The second-order valence-corrected chi connectivity index (χ2v) is 11.0. The summed E-state index contributed by atoms with van der Waals surface area (Å²) in [7, 11) is 0. The van der Waals surface area contributed by atoms with Gasteiger partial charge in [-0.15, -0.1) is 0 Å². The summed E-state index contributed by atoms with van der Waals surface area (Å²) >= 11 is 0. The Kier molecular flexibility index (Phi) is 7.26. The number of β-amino-alcohol motifs (C(OH)–C–C–N with tert-alkyl or cyclic N) is 1. The molecule has 5 atom stereocenters. The summed E-state index contributed by atoms with van der Waals surface area (Å²) in [4.78, 5) is 27.0. The monoisotopic (exact) mass is 550 g/mol. The van der Waals surface area contributed by atoms with E-state index in [1.54, 1.807) is 25.1 Å². The van der Waals surface area contributed by atoms with Gasteiger partial charge in [0, 0.05) is 43.4 Å². The van der Waals surface area contributed by atoms with Gasteiger partial charge in [0.2, 0.25) is 5.91 Å². The Bertz CT molecular complexity index is 1170. The van der Waals surface area contributed by atoms with Crippen LogP contribution in [-0.4, -0.2) is 89.2 Å². The van der Waals surface area contributed by atoms with E-state index in [2.05, 4.69) is 27.1 Å². The largest absolute Gasteiger partial charge is 0.419 e. The first-order valence-electron chi connectivity index (χ1n) is 13.2. The van der Waals surface area contributed by atoms with Crippen LogP contribution in [0.2, 0.25) is 0 Å². The van der Waals surface area contributed by atoms with Crippen molar-refractivity contribution in [1.29, 1.82) is 5.26 Å². The van der Waals surface area contributed by atoms with Crippen molar-refractivity contribution < 1.29 is 32.6 Å². The van der Waals surface area contributed by atoms with Gasteiger partial charge in [-0.2, -0.15) is 18.4 Å². The molecule has 2 amide bonds. The predicted molar refractivity (Wildman–Crippen MR) is 133 cm³/mol. The molecule has 4 saturated heterocycles. The maximum Gasteiger partial charge on any atom is 0.419 e. The number of fused-ring (bicyclic) bond motifs is 1. The van der Waals surface area contributed by atoms with Crippen LogP contribution < -0.4 is 16.1 Å². The van der Waals surface area contributed by atoms with Gasteiger partial charge < -0.3 is 25.4 Å². The summed E-state index contributed by atoms with van der Waals surface area (Å²) in [6.45, 7) is 2.25. The second kappa shape index (κ2) is 10.2. The number of likely N-dealkylation sites (tertiary alicyclic amines) is 1. The predicted octanol–water partition coefficient (Wildman–Crippen LogP) is 1.66. The average molecular weight is 551 g/mol. The molecule has 4 aliphatic rings. The molecule has 13 heteroatoms. The molecule has 4 heterocycles. The molecule has 4 aliphatic heterocycles. The Hall–Kier alpha value is -2.92. The topological polar surface area (TPSA) is 130 Å². The molecular formula is C26H33F3N6O4. The first-order valence-corrected chi connectivity index (χ1v) is 13.2. The smallest absolute Gasteiger partial charge is 0.379 e. The van der Waals surface area contributed by atoms with E-state index in [-0.39, 0.29) is 30.5 Å². The summed E-state index contributed by atoms with van der Waals surface area (Å²) in [6.07, 6.45) is -3.32. The number of hydrogen-bond acceptors (Lipinski definition) is 8. The minimum absolute atomic E-state index is 0.0997. The van der Waals surface area contributed by atoms with Gasteiger partial charge in [0.25, 0.3) is 5.91 Å². The molecule has 39 heavy (non-hydrogen) atoms. The highest BCUT2D eigenvalue weighted by Gasteiger charge is 2.58. The van der Waals surface area contributed by atoms with Gasteiger partial charge in [-0.3, -0.25) is 9.59 Å². The lowest BCUT2D eigenvalue weighted by atomic mass is 9.84. The number of amides is 2. The van der Waals surface area contributed by atoms with Crippen molar-refractivity contribution in [2.24, 2.45) is 5.92 Å².